The van der Waals surface area contributed by atoms with Gasteiger partial charge in [0.15, 0.2) is 9.84 Å². The van der Waals surface area contributed by atoms with Gasteiger partial charge < -0.3 is 5.73 Å². The largest absolute Gasteiger partial charge is 0.398 e. The summed E-state index contributed by atoms with van der Waals surface area (Å²) in [5.74, 6) is -0.0871. The number of halogens is 1. The second-order valence-electron chi connectivity index (χ2n) is 3.80. The molecule has 0 saturated heterocycles. The summed E-state index contributed by atoms with van der Waals surface area (Å²) in [5.41, 5.74) is 6.66. The summed E-state index contributed by atoms with van der Waals surface area (Å²) >= 11 is 3.24. The van der Waals surface area contributed by atoms with Gasteiger partial charge in [-0.15, -0.1) is 0 Å². The Morgan fingerprint density at radius 1 is 1.17 bits per heavy atom. The van der Waals surface area contributed by atoms with Gasteiger partial charge in [0.1, 0.15) is 0 Å². The standard InChI is InChI=1S/C12H11BrN2O2S/c13-10-1-2-11(14)12(7-10)18(16,17)8-9-3-5-15-6-4-9/h1-7H,8,14H2. The number of nitrogens with zero attached hydrogens (tertiary/aromatic N) is 1. The lowest BCUT2D eigenvalue weighted by atomic mass is 10.3. The third-order valence-corrected chi connectivity index (χ3v) is 4.65. The maximum atomic E-state index is 12.3. The maximum absolute atomic E-state index is 12.3. The molecule has 4 nitrogen and oxygen atoms in total. The molecule has 0 spiro atoms. The van der Waals surface area contributed by atoms with Crippen LogP contribution in [-0.4, -0.2) is 13.4 Å². The lowest BCUT2D eigenvalue weighted by molar-refractivity contribution is 0.595. The zero-order chi connectivity index (χ0) is 13.2. The summed E-state index contributed by atoms with van der Waals surface area (Å²) in [4.78, 5) is 4.00. The quantitative estimate of drug-likeness (QED) is 0.879. The van der Waals surface area contributed by atoms with Crippen molar-refractivity contribution < 1.29 is 8.42 Å². The zero-order valence-corrected chi connectivity index (χ0v) is 11.8. The second-order valence-corrected chi connectivity index (χ2v) is 6.67. The molecule has 94 valence electrons. The van der Waals surface area contributed by atoms with Crippen molar-refractivity contribution in [3.8, 4) is 0 Å². The molecule has 0 fully saturated rings. The minimum Gasteiger partial charge on any atom is -0.398 e. The molecule has 2 aromatic rings. The summed E-state index contributed by atoms with van der Waals surface area (Å²) < 4.78 is 25.2. The fraction of sp³-hybridized carbons (Fsp3) is 0.0833. The Labute approximate surface area is 114 Å². The molecule has 0 saturated carbocycles. The van der Waals surface area contributed by atoms with Gasteiger partial charge in [-0.25, -0.2) is 8.42 Å². The molecule has 0 bridgehead atoms. The molecule has 0 unspecified atom stereocenters. The van der Waals surface area contributed by atoms with Gasteiger partial charge in [-0.2, -0.15) is 0 Å². The number of hydrogen-bond donors (Lipinski definition) is 1. The molecular weight excluding hydrogens is 316 g/mol. The van der Waals surface area contributed by atoms with E-state index in [2.05, 4.69) is 20.9 Å². The van der Waals surface area contributed by atoms with E-state index in [9.17, 15) is 8.42 Å². The van der Waals surface area contributed by atoms with E-state index in [1.807, 2.05) is 0 Å². The molecule has 1 aromatic carbocycles. The first-order valence-electron chi connectivity index (χ1n) is 5.16. The van der Waals surface area contributed by atoms with Gasteiger partial charge in [0, 0.05) is 16.9 Å². The van der Waals surface area contributed by atoms with Crippen LogP contribution in [0.1, 0.15) is 5.56 Å². The Morgan fingerprint density at radius 3 is 2.50 bits per heavy atom. The number of aromatic nitrogens is 1. The van der Waals surface area contributed by atoms with Gasteiger partial charge in [0.05, 0.1) is 16.3 Å². The SMILES string of the molecule is Nc1ccc(Br)cc1S(=O)(=O)Cc1ccncc1. The molecule has 0 aliphatic carbocycles. The van der Waals surface area contributed by atoms with Crippen molar-refractivity contribution in [2.45, 2.75) is 10.6 Å². The smallest absolute Gasteiger partial charge is 0.184 e. The summed E-state index contributed by atoms with van der Waals surface area (Å²) in [6, 6.07) is 8.15. The lowest BCUT2D eigenvalue weighted by Crippen LogP contribution is -2.08. The second kappa shape index (κ2) is 5.07. The average Bonchev–Trinajstić information content (AvgIpc) is 2.33. The Morgan fingerprint density at radius 2 is 1.83 bits per heavy atom. The van der Waals surface area contributed by atoms with Gasteiger partial charge in [-0.1, -0.05) is 15.9 Å². The zero-order valence-electron chi connectivity index (χ0n) is 9.38. The molecular formula is C12H11BrN2O2S. The van der Waals surface area contributed by atoms with Crippen molar-refractivity contribution in [1.29, 1.82) is 0 Å². The average molecular weight is 327 g/mol. The first kappa shape index (κ1) is 13.0. The van der Waals surface area contributed by atoms with E-state index in [1.165, 1.54) is 6.07 Å². The highest BCUT2D eigenvalue weighted by atomic mass is 79.9. The number of benzene rings is 1. The molecule has 1 aromatic heterocycles. The first-order chi connectivity index (χ1) is 8.49. The van der Waals surface area contributed by atoms with Crippen LogP contribution in [0.25, 0.3) is 0 Å². The maximum Gasteiger partial charge on any atom is 0.184 e. The summed E-state index contributed by atoms with van der Waals surface area (Å²) in [6.07, 6.45) is 3.13. The van der Waals surface area contributed by atoms with Crippen LogP contribution in [-0.2, 0) is 15.6 Å². The first-order valence-corrected chi connectivity index (χ1v) is 7.60. The Hall–Kier alpha value is -1.40. The van der Waals surface area contributed by atoms with Crippen molar-refractivity contribution in [2.75, 3.05) is 5.73 Å². The normalized spacial score (nSPS) is 11.4. The summed E-state index contributed by atoms with van der Waals surface area (Å²) in [5, 5.41) is 0. The van der Waals surface area contributed by atoms with Gasteiger partial charge in [0.25, 0.3) is 0 Å². The number of nitrogens with two attached hydrogens (primary N) is 1. The van der Waals surface area contributed by atoms with E-state index < -0.39 is 9.84 Å². The van der Waals surface area contributed by atoms with E-state index in [0.29, 0.717) is 10.0 Å². The minimum atomic E-state index is -3.45. The minimum absolute atomic E-state index is 0.0871. The molecule has 0 radical (unpaired) electrons. The van der Waals surface area contributed by atoms with Gasteiger partial charge >= 0.3 is 0 Å². The molecule has 18 heavy (non-hydrogen) atoms. The molecule has 2 rings (SSSR count). The van der Waals surface area contributed by atoms with Crippen LogP contribution >= 0.6 is 15.9 Å². The van der Waals surface area contributed by atoms with Crippen molar-refractivity contribution in [1.82, 2.24) is 4.98 Å². The summed E-state index contributed by atoms with van der Waals surface area (Å²) in [6.45, 7) is 0. The predicted molar refractivity (Wildman–Crippen MR) is 73.7 cm³/mol. The number of sulfone groups is 1. The van der Waals surface area contributed by atoms with E-state index in [0.717, 1.165) is 0 Å². The van der Waals surface area contributed by atoms with Crippen LogP contribution in [0, 0.1) is 0 Å². The van der Waals surface area contributed by atoms with Gasteiger partial charge in [-0.3, -0.25) is 4.98 Å². The third kappa shape index (κ3) is 2.88. The molecule has 0 amide bonds. The van der Waals surface area contributed by atoms with Crippen molar-refractivity contribution in [2.24, 2.45) is 0 Å². The number of anilines is 1. The monoisotopic (exact) mass is 326 g/mol. The topological polar surface area (TPSA) is 73.1 Å². The number of pyridine rings is 1. The van der Waals surface area contributed by atoms with Crippen molar-refractivity contribution in [3.05, 3.63) is 52.8 Å². The fourth-order valence-electron chi connectivity index (χ4n) is 1.55. The van der Waals surface area contributed by atoms with Crippen LogP contribution in [0.15, 0.2) is 52.1 Å². The van der Waals surface area contributed by atoms with E-state index in [-0.39, 0.29) is 16.3 Å². The molecule has 0 aliphatic heterocycles. The lowest BCUT2D eigenvalue weighted by Gasteiger charge is -2.08. The predicted octanol–water partition coefficient (Wildman–Crippen LogP) is 2.40. The highest BCUT2D eigenvalue weighted by Gasteiger charge is 2.18. The van der Waals surface area contributed by atoms with Crippen LogP contribution in [0.5, 0.6) is 0 Å². The van der Waals surface area contributed by atoms with Gasteiger partial charge in [0.2, 0.25) is 0 Å². The van der Waals surface area contributed by atoms with Crippen LogP contribution < -0.4 is 5.73 Å². The van der Waals surface area contributed by atoms with Crippen molar-refractivity contribution >= 4 is 31.5 Å². The van der Waals surface area contributed by atoms with Crippen molar-refractivity contribution in [3.63, 3.8) is 0 Å². The highest BCUT2D eigenvalue weighted by Crippen LogP contribution is 2.25. The van der Waals surface area contributed by atoms with Crippen LogP contribution in [0.3, 0.4) is 0 Å². The van der Waals surface area contributed by atoms with Crippen LogP contribution in [0.4, 0.5) is 5.69 Å². The molecule has 2 N–H and O–H groups in total. The Kier molecular flexibility index (Phi) is 3.68. The number of rotatable bonds is 3. The molecule has 1 heterocycles. The Balaban J connectivity index is 2.40. The van der Waals surface area contributed by atoms with E-state index in [1.54, 1.807) is 36.7 Å². The third-order valence-electron chi connectivity index (χ3n) is 2.42. The van der Waals surface area contributed by atoms with E-state index in [4.69, 9.17) is 5.73 Å². The molecule has 0 atom stereocenters. The number of hydrogen-bond acceptors (Lipinski definition) is 4. The number of nitrogen functional groups attached to an aromatic ring is 1. The van der Waals surface area contributed by atoms with Crippen LogP contribution in [0.2, 0.25) is 0 Å². The highest BCUT2D eigenvalue weighted by molar-refractivity contribution is 9.10. The summed E-state index contributed by atoms with van der Waals surface area (Å²) in [7, 11) is -3.45. The fourth-order valence-corrected chi connectivity index (χ4v) is 3.59. The molecule has 0 aliphatic rings. The van der Waals surface area contributed by atoms with E-state index >= 15 is 0 Å². The Bertz CT molecular complexity index is 657. The van der Waals surface area contributed by atoms with Gasteiger partial charge in [-0.05, 0) is 35.9 Å². The molecule has 6 heteroatoms.